The smallest absolute Gasteiger partial charge is 0.150 e. The lowest BCUT2D eigenvalue weighted by Gasteiger charge is -2.16. The molecule has 1 heterocycles. The van der Waals surface area contributed by atoms with Gasteiger partial charge in [0.2, 0.25) is 0 Å². The summed E-state index contributed by atoms with van der Waals surface area (Å²) in [4.78, 5) is 0. The lowest BCUT2D eigenvalue weighted by molar-refractivity contribution is 0.534. The molecular weight excluding hydrogens is 248 g/mol. The maximum absolute atomic E-state index is 11.4. The number of sulfone groups is 1. The highest BCUT2D eigenvalue weighted by Crippen LogP contribution is 2.13. The summed E-state index contributed by atoms with van der Waals surface area (Å²) in [5, 5.41) is 3.37. The first-order valence-corrected chi connectivity index (χ1v) is 8.41. The van der Waals surface area contributed by atoms with E-state index in [-0.39, 0.29) is 11.5 Å². The highest BCUT2D eigenvalue weighted by atomic mass is 32.2. The van der Waals surface area contributed by atoms with Crippen molar-refractivity contribution in [3.8, 4) is 0 Å². The largest absolute Gasteiger partial charge is 0.350 e. The van der Waals surface area contributed by atoms with Gasteiger partial charge in [-0.1, -0.05) is 13.8 Å². The summed E-state index contributed by atoms with van der Waals surface area (Å²) in [6.07, 6.45) is 2.69. The van der Waals surface area contributed by atoms with Gasteiger partial charge < -0.3 is 9.88 Å². The first kappa shape index (κ1) is 15.2. The lowest BCUT2D eigenvalue weighted by Crippen LogP contribution is -2.21. The van der Waals surface area contributed by atoms with Crippen molar-refractivity contribution >= 4 is 9.84 Å². The molecule has 1 rings (SSSR count). The third kappa shape index (κ3) is 4.46. The normalized spacial score (nSPS) is 13.7. The zero-order chi connectivity index (χ0) is 13.6. The molecule has 0 aliphatic heterocycles. The zero-order valence-electron chi connectivity index (χ0n) is 11.5. The van der Waals surface area contributed by atoms with Crippen molar-refractivity contribution < 1.29 is 8.42 Å². The van der Waals surface area contributed by atoms with Gasteiger partial charge in [-0.05, 0) is 32.0 Å². The Hall–Kier alpha value is -0.810. The van der Waals surface area contributed by atoms with Gasteiger partial charge in [-0.25, -0.2) is 8.42 Å². The van der Waals surface area contributed by atoms with Crippen LogP contribution in [0.2, 0.25) is 0 Å². The minimum absolute atomic E-state index is 0.235. The Labute approximate surface area is 110 Å². The van der Waals surface area contributed by atoms with Crippen LogP contribution >= 0.6 is 0 Å². The maximum atomic E-state index is 11.4. The van der Waals surface area contributed by atoms with Gasteiger partial charge in [-0.3, -0.25) is 0 Å². The van der Waals surface area contributed by atoms with Crippen LogP contribution in [0, 0.1) is 0 Å². The van der Waals surface area contributed by atoms with Crippen LogP contribution < -0.4 is 5.32 Å². The second-order valence-corrected chi connectivity index (χ2v) is 6.97. The molecule has 0 aliphatic rings. The summed E-state index contributed by atoms with van der Waals surface area (Å²) in [6, 6.07) is 4.40. The number of rotatable bonds is 8. The van der Waals surface area contributed by atoms with E-state index in [1.54, 1.807) is 6.92 Å². The summed E-state index contributed by atoms with van der Waals surface area (Å²) in [5.74, 6) is 0.510. The molecule has 0 bridgehead atoms. The average Bonchev–Trinajstić information content (AvgIpc) is 2.77. The van der Waals surface area contributed by atoms with E-state index in [2.05, 4.69) is 29.8 Å². The third-order valence-electron chi connectivity index (χ3n) is 3.11. The molecule has 0 amide bonds. The monoisotopic (exact) mass is 272 g/mol. The molecular formula is C13H24N2O2S. The second-order valence-electron chi connectivity index (χ2n) is 4.50. The van der Waals surface area contributed by atoms with Crippen LogP contribution in [0.1, 0.15) is 38.9 Å². The zero-order valence-corrected chi connectivity index (χ0v) is 12.3. The van der Waals surface area contributed by atoms with Crippen LogP contribution in [-0.4, -0.2) is 31.0 Å². The van der Waals surface area contributed by atoms with E-state index in [0.29, 0.717) is 12.5 Å². The Morgan fingerprint density at radius 3 is 2.72 bits per heavy atom. The van der Waals surface area contributed by atoms with Crippen LogP contribution in [0.4, 0.5) is 0 Å². The van der Waals surface area contributed by atoms with Crippen LogP contribution in [0.3, 0.4) is 0 Å². The Morgan fingerprint density at radius 2 is 2.11 bits per heavy atom. The molecule has 1 aromatic rings. The van der Waals surface area contributed by atoms with Crippen molar-refractivity contribution in [1.82, 2.24) is 9.88 Å². The minimum atomic E-state index is -2.84. The molecule has 1 aromatic heterocycles. The lowest BCUT2D eigenvalue weighted by atomic mass is 10.2. The number of nitrogens with one attached hydrogen (secondary N) is 1. The molecule has 0 aromatic carbocycles. The summed E-state index contributed by atoms with van der Waals surface area (Å²) in [6.45, 7) is 7.59. The Morgan fingerprint density at radius 1 is 1.39 bits per heavy atom. The Bertz CT molecular complexity index is 451. The number of aromatic nitrogens is 1. The third-order valence-corrected chi connectivity index (χ3v) is 4.90. The van der Waals surface area contributed by atoms with E-state index >= 15 is 0 Å². The number of aryl methyl sites for hydroxylation is 1. The standard InChI is InChI=1S/C13H24N2O2S/c1-4-14-12(3)13-8-6-9-15(13)10-7-11-18(16,17)5-2/h6,8-9,12,14H,4-5,7,10-11H2,1-3H3. The molecule has 4 nitrogen and oxygen atoms in total. The van der Waals surface area contributed by atoms with Gasteiger partial charge >= 0.3 is 0 Å². The van der Waals surface area contributed by atoms with Crippen molar-refractivity contribution in [3.63, 3.8) is 0 Å². The molecule has 0 saturated carbocycles. The fourth-order valence-corrected chi connectivity index (χ4v) is 2.89. The molecule has 0 spiro atoms. The van der Waals surface area contributed by atoms with Crippen LogP contribution in [0.15, 0.2) is 18.3 Å². The van der Waals surface area contributed by atoms with Crippen molar-refractivity contribution in [3.05, 3.63) is 24.0 Å². The van der Waals surface area contributed by atoms with Crippen LogP contribution in [0.25, 0.3) is 0 Å². The molecule has 18 heavy (non-hydrogen) atoms. The highest BCUT2D eigenvalue weighted by Gasteiger charge is 2.10. The van der Waals surface area contributed by atoms with Gasteiger partial charge in [0, 0.05) is 30.2 Å². The summed E-state index contributed by atoms with van der Waals surface area (Å²) < 4.78 is 25.0. The van der Waals surface area contributed by atoms with Gasteiger partial charge in [0.1, 0.15) is 9.84 Å². The van der Waals surface area contributed by atoms with Gasteiger partial charge in [-0.2, -0.15) is 0 Å². The van der Waals surface area contributed by atoms with Gasteiger partial charge in [-0.15, -0.1) is 0 Å². The number of hydrogen-bond acceptors (Lipinski definition) is 3. The van der Waals surface area contributed by atoms with E-state index in [1.165, 1.54) is 5.69 Å². The highest BCUT2D eigenvalue weighted by molar-refractivity contribution is 7.91. The Balaban J connectivity index is 2.56. The molecule has 0 saturated heterocycles. The van der Waals surface area contributed by atoms with E-state index in [1.807, 2.05) is 12.3 Å². The fourth-order valence-electron chi connectivity index (χ4n) is 2.03. The van der Waals surface area contributed by atoms with Gasteiger partial charge in [0.05, 0.1) is 5.75 Å². The van der Waals surface area contributed by atoms with Gasteiger partial charge in [0.15, 0.2) is 0 Å². The quantitative estimate of drug-likeness (QED) is 0.787. The summed E-state index contributed by atoms with van der Waals surface area (Å²) >= 11 is 0. The van der Waals surface area contributed by atoms with E-state index < -0.39 is 9.84 Å². The topological polar surface area (TPSA) is 51.1 Å². The fraction of sp³-hybridized carbons (Fsp3) is 0.692. The molecule has 1 unspecified atom stereocenters. The average molecular weight is 272 g/mol. The van der Waals surface area contributed by atoms with E-state index in [4.69, 9.17) is 0 Å². The van der Waals surface area contributed by atoms with Crippen molar-refractivity contribution in [2.45, 2.75) is 39.8 Å². The maximum Gasteiger partial charge on any atom is 0.150 e. The predicted octanol–water partition coefficient (Wildman–Crippen LogP) is 1.98. The first-order chi connectivity index (χ1) is 8.50. The molecule has 104 valence electrons. The molecule has 1 N–H and O–H groups in total. The second kappa shape index (κ2) is 6.95. The minimum Gasteiger partial charge on any atom is -0.350 e. The van der Waals surface area contributed by atoms with Crippen molar-refractivity contribution in [2.24, 2.45) is 0 Å². The van der Waals surface area contributed by atoms with Crippen LogP contribution in [-0.2, 0) is 16.4 Å². The Kier molecular flexibility index (Phi) is 5.88. The number of hydrogen-bond donors (Lipinski definition) is 1. The van der Waals surface area contributed by atoms with Crippen LogP contribution in [0.5, 0.6) is 0 Å². The molecule has 1 atom stereocenters. The van der Waals surface area contributed by atoms with Crippen molar-refractivity contribution in [1.29, 1.82) is 0 Å². The number of nitrogens with zero attached hydrogens (tertiary/aromatic N) is 1. The SMILES string of the molecule is CCNC(C)c1cccn1CCCS(=O)(=O)CC. The molecule has 0 radical (unpaired) electrons. The molecule has 0 fully saturated rings. The predicted molar refractivity (Wildman–Crippen MR) is 75.5 cm³/mol. The van der Waals surface area contributed by atoms with Crippen molar-refractivity contribution in [2.75, 3.05) is 18.1 Å². The summed E-state index contributed by atoms with van der Waals surface area (Å²) in [7, 11) is -2.84. The molecule has 5 heteroatoms. The van der Waals surface area contributed by atoms with E-state index in [0.717, 1.165) is 13.1 Å². The van der Waals surface area contributed by atoms with E-state index in [9.17, 15) is 8.42 Å². The molecule has 0 aliphatic carbocycles. The first-order valence-electron chi connectivity index (χ1n) is 6.59. The summed E-state index contributed by atoms with van der Waals surface area (Å²) in [5.41, 5.74) is 1.21. The van der Waals surface area contributed by atoms with Gasteiger partial charge in [0.25, 0.3) is 0 Å².